The lowest BCUT2D eigenvalue weighted by Crippen LogP contribution is -2.50. The Kier molecular flexibility index (Phi) is 9.80. The molecular weight excluding hydrogens is 532 g/mol. The average Bonchev–Trinajstić information content (AvgIpc) is 2.90. The lowest BCUT2D eigenvalue weighted by Gasteiger charge is -2.37. The van der Waals surface area contributed by atoms with E-state index in [1.165, 1.54) is 54.1 Å². The van der Waals surface area contributed by atoms with E-state index >= 15 is 0 Å². The minimum Gasteiger partial charge on any atom is -0.497 e. The van der Waals surface area contributed by atoms with Crippen molar-refractivity contribution in [2.45, 2.75) is 35.8 Å². The topological polar surface area (TPSA) is 123 Å². The van der Waals surface area contributed by atoms with E-state index in [1.807, 2.05) is 0 Å². The van der Waals surface area contributed by atoms with E-state index in [4.69, 9.17) is 14.2 Å². The number of methoxy groups -OCH3 is 2. The summed E-state index contributed by atoms with van der Waals surface area (Å²) in [5.74, 6) is 5.90. The third-order valence-electron chi connectivity index (χ3n) is 6.32. The van der Waals surface area contributed by atoms with Gasteiger partial charge in [-0.25, -0.2) is 16.8 Å². The summed E-state index contributed by atoms with van der Waals surface area (Å²) in [6, 6.07) is 9.88. The van der Waals surface area contributed by atoms with Gasteiger partial charge in [0.05, 0.1) is 25.2 Å². The van der Waals surface area contributed by atoms with Crippen LogP contribution in [0.25, 0.3) is 0 Å². The number of nitrogens with zero attached hydrogens (tertiary/aromatic N) is 2. The smallest absolute Gasteiger partial charge is 0.247 e. The van der Waals surface area contributed by atoms with Crippen LogP contribution in [0.2, 0.25) is 0 Å². The molecule has 2 aromatic carbocycles. The second-order valence-electron chi connectivity index (χ2n) is 9.10. The molecule has 208 valence electrons. The van der Waals surface area contributed by atoms with Gasteiger partial charge in [-0.3, -0.25) is 0 Å². The van der Waals surface area contributed by atoms with Crippen LogP contribution in [0.3, 0.4) is 0 Å². The summed E-state index contributed by atoms with van der Waals surface area (Å²) in [6.45, 7) is 3.21. The third kappa shape index (κ3) is 6.48. The molecule has 1 aliphatic heterocycles. The predicted octanol–water partition coefficient (Wildman–Crippen LogP) is 1.78. The van der Waals surface area contributed by atoms with E-state index in [9.17, 15) is 21.9 Å². The number of hydrogen-bond acceptors (Lipinski definition) is 8. The van der Waals surface area contributed by atoms with Crippen LogP contribution in [0.4, 0.5) is 0 Å². The number of ether oxygens (including phenoxy) is 3. The van der Waals surface area contributed by atoms with Gasteiger partial charge in [-0.2, -0.15) is 8.61 Å². The zero-order chi connectivity index (χ0) is 28.1. The Morgan fingerprint density at radius 3 is 2.50 bits per heavy atom. The van der Waals surface area contributed by atoms with Crippen molar-refractivity contribution in [2.24, 2.45) is 5.92 Å². The normalized spacial score (nSPS) is 20.3. The van der Waals surface area contributed by atoms with E-state index in [0.29, 0.717) is 11.3 Å². The zero-order valence-corrected chi connectivity index (χ0v) is 23.8. The standard InChI is InChI=1S/C26H34N2O8S2/c1-19-16-28(20(2)18-29)38(32,33)26-13-8-21(7-6-14-34-4)15-24(26)36-25(19)17-27(3)37(30,31)23-11-9-22(35-5)10-12-23/h8-13,15,19-20,25,29H,14,16-18H2,1-5H3/t19-,20-,25+/m1/s1. The molecule has 1 heterocycles. The van der Waals surface area contributed by atoms with Crippen LogP contribution in [0.5, 0.6) is 11.5 Å². The highest BCUT2D eigenvalue weighted by Crippen LogP contribution is 2.34. The van der Waals surface area contributed by atoms with Crippen molar-refractivity contribution < 1.29 is 36.2 Å². The highest BCUT2D eigenvalue weighted by molar-refractivity contribution is 7.89. The molecule has 12 heteroatoms. The fourth-order valence-electron chi connectivity index (χ4n) is 4.01. The van der Waals surface area contributed by atoms with Crippen LogP contribution in [0, 0.1) is 17.8 Å². The highest BCUT2D eigenvalue weighted by atomic mass is 32.2. The van der Waals surface area contributed by atoms with E-state index < -0.39 is 38.1 Å². The molecule has 10 nitrogen and oxygen atoms in total. The predicted molar refractivity (Wildman–Crippen MR) is 142 cm³/mol. The summed E-state index contributed by atoms with van der Waals surface area (Å²) in [5, 5.41) is 9.80. The van der Waals surface area contributed by atoms with Crippen LogP contribution < -0.4 is 9.47 Å². The van der Waals surface area contributed by atoms with E-state index in [0.717, 1.165) is 0 Å². The van der Waals surface area contributed by atoms with Crippen molar-refractivity contribution in [2.75, 3.05) is 47.6 Å². The van der Waals surface area contributed by atoms with Crippen molar-refractivity contribution >= 4 is 20.0 Å². The Morgan fingerprint density at radius 2 is 1.89 bits per heavy atom. The largest absolute Gasteiger partial charge is 0.497 e. The van der Waals surface area contributed by atoms with E-state index in [-0.39, 0.29) is 41.8 Å². The Labute approximate surface area is 225 Å². The van der Waals surface area contributed by atoms with Crippen LogP contribution in [0.15, 0.2) is 52.3 Å². The van der Waals surface area contributed by atoms with Gasteiger partial charge < -0.3 is 19.3 Å². The molecule has 0 aliphatic carbocycles. The van der Waals surface area contributed by atoms with Crippen LogP contribution in [0.1, 0.15) is 19.4 Å². The molecule has 0 amide bonds. The number of aliphatic hydroxyl groups excluding tert-OH is 1. The molecule has 0 fully saturated rings. The van der Waals surface area contributed by atoms with Crippen LogP contribution in [-0.2, 0) is 24.8 Å². The minimum absolute atomic E-state index is 0.0278. The lowest BCUT2D eigenvalue weighted by atomic mass is 10.0. The molecular formula is C26H34N2O8S2. The number of rotatable bonds is 8. The Balaban J connectivity index is 2.02. The molecule has 0 saturated carbocycles. The van der Waals surface area contributed by atoms with E-state index in [1.54, 1.807) is 32.0 Å². The molecule has 2 aromatic rings. The van der Waals surface area contributed by atoms with Gasteiger partial charge in [-0.15, -0.1) is 0 Å². The molecule has 0 saturated heterocycles. The maximum absolute atomic E-state index is 13.6. The van der Waals surface area contributed by atoms with E-state index in [2.05, 4.69) is 11.8 Å². The SMILES string of the molecule is COCC#Cc1ccc2c(c1)O[C@@H](CN(C)S(=O)(=O)c1ccc(OC)cc1)[C@H](C)CN([C@H](C)CO)S2(=O)=O. The molecule has 3 rings (SSSR count). The van der Waals surface area contributed by atoms with Crippen molar-refractivity contribution in [3.05, 3.63) is 48.0 Å². The van der Waals surface area contributed by atoms with Crippen LogP contribution >= 0.6 is 0 Å². The number of aliphatic hydroxyl groups is 1. The van der Waals surface area contributed by atoms with Gasteiger partial charge in [-0.1, -0.05) is 18.8 Å². The quantitative estimate of drug-likeness (QED) is 0.480. The number of sulfonamides is 2. The second kappa shape index (κ2) is 12.5. The molecule has 1 aliphatic rings. The first-order valence-electron chi connectivity index (χ1n) is 12.0. The van der Waals surface area contributed by atoms with Crippen LogP contribution in [-0.4, -0.2) is 90.3 Å². The lowest BCUT2D eigenvalue weighted by molar-refractivity contribution is 0.0904. The van der Waals surface area contributed by atoms with Crippen molar-refractivity contribution in [3.8, 4) is 23.3 Å². The van der Waals surface area contributed by atoms with Crippen molar-refractivity contribution in [1.29, 1.82) is 0 Å². The Morgan fingerprint density at radius 1 is 1.21 bits per heavy atom. The number of hydrogen-bond donors (Lipinski definition) is 1. The van der Waals surface area contributed by atoms with Gasteiger partial charge >= 0.3 is 0 Å². The maximum atomic E-state index is 13.6. The molecule has 0 unspecified atom stereocenters. The molecule has 0 spiro atoms. The third-order valence-corrected chi connectivity index (χ3v) is 10.2. The molecule has 0 radical (unpaired) electrons. The summed E-state index contributed by atoms with van der Waals surface area (Å²) in [7, 11) is -3.44. The Hall–Kier alpha value is -2.66. The van der Waals surface area contributed by atoms with Gasteiger partial charge in [0, 0.05) is 38.2 Å². The molecule has 38 heavy (non-hydrogen) atoms. The molecule has 0 aromatic heterocycles. The van der Waals surface area contributed by atoms with Crippen molar-refractivity contribution in [3.63, 3.8) is 0 Å². The van der Waals surface area contributed by atoms with Gasteiger partial charge in [0.2, 0.25) is 20.0 Å². The minimum atomic E-state index is -4.03. The summed E-state index contributed by atoms with van der Waals surface area (Å²) in [4.78, 5) is 0.0150. The summed E-state index contributed by atoms with van der Waals surface area (Å²) in [6.07, 6.45) is -0.710. The maximum Gasteiger partial charge on any atom is 0.247 e. The average molecular weight is 567 g/mol. The zero-order valence-electron chi connectivity index (χ0n) is 22.1. The fourth-order valence-corrected chi connectivity index (χ4v) is 7.02. The summed E-state index contributed by atoms with van der Waals surface area (Å²) in [5.41, 5.74) is 0.518. The highest BCUT2D eigenvalue weighted by Gasteiger charge is 2.39. The van der Waals surface area contributed by atoms with Gasteiger partial charge in [0.25, 0.3) is 0 Å². The van der Waals surface area contributed by atoms with Crippen molar-refractivity contribution in [1.82, 2.24) is 8.61 Å². The van der Waals surface area contributed by atoms with Gasteiger partial charge in [0.15, 0.2) is 0 Å². The molecule has 0 bridgehead atoms. The molecule has 1 N–H and O–H groups in total. The number of likely N-dealkylation sites (N-methyl/N-ethyl adjacent to an activating group) is 1. The summed E-state index contributed by atoms with van der Waals surface area (Å²) >= 11 is 0. The second-order valence-corrected chi connectivity index (χ2v) is 13.0. The first kappa shape index (κ1) is 29.9. The first-order valence-corrected chi connectivity index (χ1v) is 14.8. The Bertz CT molecular complexity index is 1380. The summed E-state index contributed by atoms with van der Waals surface area (Å²) < 4.78 is 72.5. The fraction of sp³-hybridized carbons (Fsp3) is 0.462. The monoisotopic (exact) mass is 566 g/mol. The number of fused-ring (bicyclic) bond motifs is 1. The molecule has 3 atom stereocenters. The van der Waals surface area contributed by atoms with Gasteiger partial charge in [0.1, 0.15) is 29.1 Å². The number of benzene rings is 2. The van der Waals surface area contributed by atoms with Gasteiger partial charge in [-0.05, 0) is 49.4 Å². The first-order chi connectivity index (χ1) is 17.9.